The third-order valence-electron chi connectivity index (χ3n) is 3.30. The number of ether oxygens (including phenoxy) is 2. The first-order valence-corrected chi connectivity index (χ1v) is 5.95. The summed E-state index contributed by atoms with van der Waals surface area (Å²) < 4.78 is 9.74. The summed E-state index contributed by atoms with van der Waals surface area (Å²) in [4.78, 5) is 10.2. The van der Waals surface area contributed by atoms with Gasteiger partial charge in [0.15, 0.2) is 0 Å². The summed E-state index contributed by atoms with van der Waals surface area (Å²) in [7, 11) is 1.40. The summed E-state index contributed by atoms with van der Waals surface area (Å²) in [6.45, 7) is 3.06. The maximum absolute atomic E-state index is 10.2. The van der Waals surface area contributed by atoms with Gasteiger partial charge in [0, 0.05) is 11.8 Å². The number of aliphatic hydroxyl groups excluding tert-OH is 1. The van der Waals surface area contributed by atoms with E-state index in [1.807, 2.05) is 6.92 Å². The highest BCUT2D eigenvalue weighted by Gasteiger charge is 2.45. The van der Waals surface area contributed by atoms with Crippen LogP contribution in [0.1, 0.15) is 39.0 Å². The predicted molar refractivity (Wildman–Crippen MR) is 60.0 cm³/mol. The number of hydrogen-bond donors (Lipinski definition) is 1. The van der Waals surface area contributed by atoms with Crippen LogP contribution >= 0.6 is 0 Å². The molecule has 1 saturated heterocycles. The van der Waals surface area contributed by atoms with E-state index in [9.17, 15) is 4.79 Å². The Morgan fingerprint density at radius 3 is 2.56 bits per heavy atom. The first-order chi connectivity index (χ1) is 7.65. The van der Waals surface area contributed by atoms with Gasteiger partial charge in [0.05, 0.1) is 26.4 Å². The molecule has 4 nitrogen and oxygen atoms in total. The van der Waals surface area contributed by atoms with Crippen molar-refractivity contribution < 1.29 is 19.4 Å². The Morgan fingerprint density at radius 2 is 2.38 bits per heavy atom. The van der Waals surface area contributed by atoms with Gasteiger partial charge >= 0.3 is 5.97 Å². The average Bonchev–Trinajstić information content (AvgIpc) is 2.91. The molecule has 2 atom stereocenters. The van der Waals surface area contributed by atoms with Crippen LogP contribution in [0.3, 0.4) is 0 Å². The first-order valence-electron chi connectivity index (χ1n) is 5.95. The molecule has 0 amide bonds. The van der Waals surface area contributed by atoms with Gasteiger partial charge in [0.2, 0.25) is 0 Å². The number of methoxy groups -OCH3 is 1. The van der Waals surface area contributed by atoms with E-state index in [0.717, 1.165) is 19.4 Å². The van der Waals surface area contributed by atoms with Gasteiger partial charge in [0.1, 0.15) is 0 Å². The highest BCUT2D eigenvalue weighted by Crippen LogP contribution is 2.45. The molecule has 1 aliphatic heterocycles. The molecule has 2 unspecified atom stereocenters. The second-order valence-corrected chi connectivity index (χ2v) is 4.66. The molecule has 16 heavy (non-hydrogen) atoms. The highest BCUT2D eigenvalue weighted by molar-refractivity contribution is 5.68. The Bertz CT molecular complexity index is 219. The Hall–Kier alpha value is -0.610. The van der Waals surface area contributed by atoms with Crippen molar-refractivity contribution >= 4 is 5.97 Å². The van der Waals surface area contributed by atoms with Gasteiger partial charge in [0.25, 0.3) is 0 Å². The van der Waals surface area contributed by atoms with Gasteiger partial charge in [-0.2, -0.15) is 0 Å². The van der Waals surface area contributed by atoms with Crippen LogP contribution in [-0.4, -0.2) is 37.5 Å². The highest BCUT2D eigenvalue weighted by atomic mass is 16.5. The molecular formula is C12H22O4. The molecule has 2 aliphatic rings. The molecule has 1 heterocycles. The summed E-state index contributed by atoms with van der Waals surface area (Å²) in [5, 5.41) is 8.96. The summed E-state index contributed by atoms with van der Waals surface area (Å²) >= 11 is 0. The summed E-state index contributed by atoms with van der Waals surface area (Å²) in [6, 6.07) is 0. The van der Waals surface area contributed by atoms with E-state index in [-0.39, 0.29) is 11.4 Å². The second-order valence-electron chi connectivity index (χ2n) is 4.66. The lowest BCUT2D eigenvalue weighted by atomic mass is 9.90. The maximum Gasteiger partial charge on any atom is 0.305 e. The van der Waals surface area contributed by atoms with Gasteiger partial charge in [-0.05, 0) is 25.7 Å². The summed E-state index contributed by atoms with van der Waals surface area (Å²) in [6.07, 6.45) is 5.33. The number of fused-ring (bicyclic) bond motifs is 2. The van der Waals surface area contributed by atoms with E-state index in [2.05, 4.69) is 4.74 Å². The molecule has 0 radical (unpaired) electrons. The van der Waals surface area contributed by atoms with Crippen LogP contribution in [0.2, 0.25) is 0 Å². The van der Waals surface area contributed by atoms with Crippen molar-refractivity contribution in [3.05, 3.63) is 0 Å². The first kappa shape index (κ1) is 13.5. The van der Waals surface area contributed by atoms with E-state index in [1.54, 1.807) is 0 Å². The van der Waals surface area contributed by atoms with Crippen molar-refractivity contribution in [2.24, 2.45) is 5.41 Å². The molecule has 2 fully saturated rings. The Balaban J connectivity index is 0.000000168. The standard InChI is InChI=1S/C7H12O2.C5H10O2/c8-4-7-2-1-6(3-7)9-5-7;1-3-4-5(6)7-2/h6,8H,1-5H2;3-4H2,1-2H3. The molecule has 1 saturated carbocycles. The van der Waals surface area contributed by atoms with E-state index in [4.69, 9.17) is 9.84 Å². The number of aliphatic hydroxyl groups is 1. The average molecular weight is 230 g/mol. The molecule has 0 aromatic carbocycles. The van der Waals surface area contributed by atoms with Crippen LogP contribution in [0.15, 0.2) is 0 Å². The number of carbonyl (C=O) groups is 1. The molecule has 94 valence electrons. The Labute approximate surface area is 96.9 Å². The molecule has 4 heteroatoms. The van der Waals surface area contributed by atoms with Crippen LogP contribution < -0.4 is 0 Å². The Kier molecular flexibility index (Phi) is 5.22. The zero-order valence-electron chi connectivity index (χ0n) is 10.2. The molecule has 0 aromatic heterocycles. The lowest BCUT2D eigenvalue weighted by molar-refractivity contribution is -0.140. The van der Waals surface area contributed by atoms with E-state index in [0.29, 0.717) is 19.1 Å². The predicted octanol–water partition coefficient (Wildman–Crippen LogP) is 1.51. The molecule has 2 bridgehead atoms. The van der Waals surface area contributed by atoms with Gasteiger partial charge in [-0.3, -0.25) is 4.79 Å². The fourth-order valence-electron chi connectivity index (χ4n) is 2.22. The van der Waals surface area contributed by atoms with E-state index < -0.39 is 0 Å². The SMILES string of the molecule is CCCC(=O)OC.OCC12CCC(C1)OC2. The smallest absolute Gasteiger partial charge is 0.305 e. The van der Waals surface area contributed by atoms with Gasteiger partial charge in [-0.1, -0.05) is 6.92 Å². The lowest BCUT2D eigenvalue weighted by Crippen LogP contribution is -2.24. The van der Waals surface area contributed by atoms with Crippen LogP contribution in [0.5, 0.6) is 0 Å². The number of rotatable bonds is 3. The van der Waals surface area contributed by atoms with E-state index >= 15 is 0 Å². The minimum Gasteiger partial charge on any atom is -0.469 e. The molecule has 1 aliphatic carbocycles. The minimum atomic E-state index is -0.123. The van der Waals surface area contributed by atoms with Crippen LogP contribution in [0.25, 0.3) is 0 Å². The lowest BCUT2D eigenvalue weighted by Gasteiger charge is -2.21. The monoisotopic (exact) mass is 230 g/mol. The molecule has 1 N–H and O–H groups in total. The largest absolute Gasteiger partial charge is 0.469 e. The quantitative estimate of drug-likeness (QED) is 0.747. The fraction of sp³-hybridized carbons (Fsp3) is 0.917. The molecule has 2 rings (SSSR count). The van der Waals surface area contributed by atoms with Crippen molar-refractivity contribution in [2.75, 3.05) is 20.3 Å². The summed E-state index contributed by atoms with van der Waals surface area (Å²) in [5.74, 6) is -0.123. The third-order valence-corrected chi connectivity index (χ3v) is 3.30. The van der Waals surface area contributed by atoms with Gasteiger partial charge < -0.3 is 14.6 Å². The van der Waals surface area contributed by atoms with Crippen molar-refractivity contribution in [1.29, 1.82) is 0 Å². The van der Waals surface area contributed by atoms with Crippen LogP contribution in [0.4, 0.5) is 0 Å². The zero-order chi connectivity index (χ0) is 12.0. The third kappa shape index (κ3) is 3.46. The zero-order valence-corrected chi connectivity index (χ0v) is 10.2. The fourth-order valence-corrected chi connectivity index (χ4v) is 2.22. The number of carbonyl (C=O) groups excluding carboxylic acids is 1. The van der Waals surface area contributed by atoms with Gasteiger partial charge in [-0.15, -0.1) is 0 Å². The molecule has 0 aromatic rings. The molecule has 0 spiro atoms. The number of hydrogen-bond acceptors (Lipinski definition) is 4. The van der Waals surface area contributed by atoms with E-state index in [1.165, 1.54) is 20.0 Å². The van der Waals surface area contributed by atoms with Crippen LogP contribution in [0, 0.1) is 5.41 Å². The summed E-state index contributed by atoms with van der Waals surface area (Å²) in [5.41, 5.74) is 0.185. The van der Waals surface area contributed by atoms with Gasteiger partial charge in [-0.25, -0.2) is 0 Å². The minimum absolute atomic E-state index is 0.123. The van der Waals surface area contributed by atoms with Crippen molar-refractivity contribution in [1.82, 2.24) is 0 Å². The molecular weight excluding hydrogens is 208 g/mol. The van der Waals surface area contributed by atoms with Crippen LogP contribution in [-0.2, 0) is 14.3 Å². The Morgan fingerprint density at radius 1 is 1.62 bits per heavy atom. The maximum atomic E-state index is 10.2. The van der Waals surface area contributed by atoms with Crippen molar-refractivity contribution in [2.45, 2.75) is 45.1 Å². The normalized spacial score (nSPS) is 30.8. The topological polar surface area (TPSA) is 55.8 Å². The van der Waals surface area contributed by atoms with Crippen molar-refractivity contribution in [3.8, 4) is 0 Å². The number of esters is 1. The second kappa shape index (κ2) is 6.21. The van der Waals surface area contributed by atoms with Crippen molar-refractivity contribution in [3.63, 3.8) is 0 Å².